The van der Waals surface area contributed by atoms with Gasteiger partial charge >= 0.3 is 0 Å². The van der Waals surface area contributed by atoms with Crippen LogP contribution in [-0.4, -0.2) is 9.13 Å². The van der Waals surface area contributed by atoms with Gasteiger partial charge in [0.15, 0.2) is 5.58 Å². The van der Waals surface area contributed by atoms with E-state index in [2.05, 4.69) is 325 Å². The first-order valence-electron chi connectivity index (χ1n) is 32.4. The first-order chi connectivity index (χ1) is 46.6. The molecule has 4 heteroatoms. The molecular formula is C90H52N2OS. The maximum absolute atomic E-state index is 7.21. The first-order valence-corrected chi connectivity index (χ1v) is 33.2. The number of hydrogen-bond acceptors (Lipinski definition) is 2. The number of thiophene rings is 1. The van der Waals surface area contributed by atoms with Crippen molar-refractivity contribution in [2.45, 2.75) is 0 Å². The number of benzene rings is 17. The fourth-order valence-electron chi connectivity index (χ4n) is 16.2. The van der Waals surface area contributed by atoms with Gasteiger partial charge in [-0.2, -0.15) is 0 Å². The highest BCUT2D eigenvalue weighted by atomic mass is 32.1. The fraction of sp³-hybridized carbons (Fsp3) is 0. The zero-order valence-corrected chi connectivity index (χ0v) is 51.5. The standard InChI is InChI=1S/C90H52N2OS/c1-2-21-65-63(19-1)64-20-3-5-23-67(64)79-50-58(33-39-69(65)79)56-17-14-18-62(48-56)92-82-28-10-7-25-72(82)75-43-44-76-73-42-36-60(52-85(73)93-89(76)88(75)92)59-34-40-70-66-22-4-6-24-68(66)80-49-57(35-41-71(80)81(70)51-59)55-16-13-15-54(47-55)53-31-37-61(38-32-53)91-83-29-11-8-27-78(83)87-84(91)46-45-77-74-26-9-12-30-86(74)94-90(77)87/h1-52H. The van der Waals surface area contributed by atoms with Gasteiger partial charge in [0.1, 0.15) is 5.58 Å². The Kier molecular flexibility index (Phi) is 10.8. The number of fused-ring (bicyclic) bond motifs is 26. The van der Waals surface area contributed by atoms with E-state index in [-0.39, 0.29) is 0 Å². The van der Waals surface area contributed by atoms with Gasteiger partial charge in [-0.15, -0.1) is 11.3 Å². The van der Waals surface area contributed by atoms with Crippen molar-refractivity contribution in [3.8, 4) is 55.9 Å². The lowest BCUT2D eigenvalue weighted by Gasteiger charge is -2.14. The Morgan fingerprint density at radius 2 is 0.649 bits per heavy atom. The van der Waals surface area contributed by atoms with E-state index in [4.69, 9.17) is 4.42 Å². The topological polar surface area (TPSA) is 23.0 Å². The summed E-state index contributed by atoms with van der Waals surface area (Å²) in [5.74, 6) is 0. The average Bonchev–Trinajstić information content (AvgIpc) is 1.53. The minimum absolute atomic E-state index is 0.865. The van der Waals surface area contributed by atoms with Crippen LogP contribution in [0, 0.1) is 0 Å². The Hall–Kier alpha value is -12.1. The number of hydrogen-bond donors (Lipinski definition) is 0. The molecule has 21 rings (SSSR count). The molecule has 0 saturated heterocycles. The number of furan rings is 1. The quantitative estimate of drug-likeness (QED) is 0.152. The molecule has 17 aromatic carbocycles. The highest BCUT2D eigenvalue weighted by Gasteiger charge is 2.22. The Morgan fingerprint density at radius 1 is 0.223 bits per heavy atom. The molecule has 0 radical (unpaired) electrons. The third kappa shape index (κ3) is 7.48. The van der Waals surface area contributed by atoms with Gasteiger partial charge in [0.2, 0.25) is 0 Å². The molecule has 0 unspecified atom stereocenters. The molecule has 434 valence electrons. The molecule has 0 spiro atoms. The molecule has 4 heterocycles. The Balaban J connectivity index is 0.641. The molecule has 0 fully saturated rings. The summed E-state index contributed by atoms with van der Waals surface area (Å²) in [6.07, 6.45) is 0. The van der Waals surface area contributed by atoms with E-state index < -0.39 is 0 Å². The van der Waals surface area contributed by atoms with Crippen molar-refractivity contribution in [2.24, 2.45) is 0 Å². The van der Waals surface area contributed by atoms with Crippen molar-refractivity contribution >= 4 is 162 Å². The molecule has 0 amide bonds. The van der Waals surface area contributed by atoms with Crippen LogP contribution in [0.2, 0.25) is 0 Å². The molecule has 0 saturated carbocycles. The molecule has 4 aromatic heterocycles. The Morgan fingerprint density at radius 3 is 1.28 bits per heavy atom. The van der Waals surface area contributed by atoms with Crippen molar-refractivity contribution in [1.82, 2.24) is 9.13 Å². The molecule has 94 heavy (non-hydrogen) atoms. The van der Waals surface area contributed by atoms with Crippen LogP contribution in [0.15, 0.2) is 320 Å². The van der Waals surface area contributed by atoms with Crippen LogP contribution in [0.4, 0.5) is 0 Å². The van der Waals surface area contributed by atoms with E-state index in [9.17, 15) is 0 Å². The van der Waals surface area contributed by atoms with Gasteiger partial charge in [0, 0.05) is 63.9 Å². The summed E-state index contributed by atoms with van der Waals surface area (Å²) in [7, 11) is 0. The average molecular weight is 1210 g/mol. The van der Waals surface area contributed by atoms with Crippen molar-refractivity contribution in [1.29, 1.82) is 0 Å². The first kappa shape index (κ1) is 51.6. The molecular weight excluding hydrogens is 1160 g/mol. The lowest BCUT2D eigenvalue weighted by Crippen LogP contribution is -1.94. The predicted octanol–water partition coefficient (Wildman–Crippen LogP) is 25.7. The second-order valence-electron chi connectivity index (χ2n) is 25.4. The zero-order chi connectivity index (χ0) is 61.3. The maximum atomic E-state index is 7.21. The van der Waals surface area contributed by atoms with Crippen molar-refractivity contribution in [3.63, 3.8) is 0 Å². The van der Waals surface area contributed by atoms with Gasteiger partial charge in [-0.25, -0.2) is 0 Å². The lowest BCUT2D eigenvalue weighted by atomic mass is 9.90. The molecule has 0 atom stereocenters. The van der Waals surface area contributed by atoms with E-state index in [1.54, 1.807) is 0 Å². The van der Waals surface area contributed by atoms with Crippen LogP contribution >= 0.6 is 11.3 Å². The van der Waals surface area contributed by atoms with E-state index >= 15 is 0 Å². The Bertz CT molecular complexity index is 6820. The van der Waals surface area contributed by atoms with Crippen LogP contribution in [-0.2, 0) is 0 Å². The highest BCUT2D eigenvalue weighted by Crippen LogP contribution is 2.47. The summed E-state index contributed by atoms with van der Waals surface area (Å²) in [4.78, 5) is 0. The summed E-state index contributed by atoms with van der Waals surface area (Å²) < 4.78 is 14.7. The number of para-hydroxylation sites is 2. The monoisotopic (exact) mass is 1210 g/mol. The lowest BCUT2D eigenvalue weighted by molar-refractivity contribution is 0.671. The predicted molar refractivity (Wildman–Crippen MR) is 402 cm³/mol. The normalized spacial score (nSPS) is 12.3. The van der Waals surface area contributed by atoms with E-state index in [1.165, 1.54) is 140 Å². The summed E-state index contributed by atoms with van der Waals surface area (Å²) in [6.45, 7) is 0. The van der Waals surface area contributed by atoms with Crippen LogP contribution in [0.1, 0.15) is 0 Å². The van der Waals surface area contributed by atoms with Crippen LogP contribution in [0.25, 0.3) is 206 Å². The number of nitrogens with zero attached hydrogens (tertiary/aromatic N) is 2. The third-order valence-electron chi connectivity index (χ3n) is 20.5. The number of aromatic nitrogens is 2. The van der Waals surface area contributed by atoms with Gasteiger partial charge in [0.25, 0.3) is 0 Å². The minimum Gasteiger partial charge on any atom is -0.454 e. The molecule has 0 N–H and O–H groups in total. The molecule has 0 bridgehead atoms. The van der Waals surface area contributed by atoms with Gasteiger partial charge in [-0.05, 0) is 200 Å². The molecule has 21 aromatic rings. The van der Waals surface area contributed by atoms with Gasteiger partial charge in [0.05, 0.1) is 22.1 Å². The molecule has 0 aliphatic rings. The second kappa shape index (κ2) is 19.7. The van der Waals surface area contributed by atoms with Crippen LogP contribution in [0.3, 0.4) is 0 Å². The third-order valence-corrected chi connectivity index (χ3v) is 21.7. The van der Waals surface area contributed by atoms with Crippen LogP contribution < -0.4 is 0 Å². The van der Waals surface area contributed by atoms with Crippen molar-refractivity contribution in [3.05, 3.63) is 315 Å². The van der Waals surface area contributed by atoms with Crippen LogP contribution in [0.5, 0.6) is 0 Å². The van der Waals surface area contributed by atoms with Crippen molar-refractivity contribution in [2.75, 3.05) is 0 Å². The van der Waals surface area contributed by atoms with E-state index in [0.717, 1.165) is 66.4 Å². The molecule has 0 aliphatic heterocycles. The Labute approximate surface area is 543 Å². The van der Waals surface area contributed by atoms with Gasteiger partial charge in [-0.3, -0.25) is 0 Å². The summed E-state index contributed by atoms with van der Waals surface area (Å²) in [6, 6.07) is 117. The summed E-state index contributed by atoms with van der Waals surface area (Å²) in [5.41, 5.74) is 18.0. The molecule has 3 nitrogen and oxygen atoms in total. The number of rotatable bonds is 6. The zero-order valence-electron chi connectivity index (χ0n) is 50.7. The molecule has 0 aliphatic carbocycles. The largest absolute Gasteiger partial charge is 0.454 e. The highest BCUT2D eigenvalue weighted by molar-refractivity contribution is 7.26. The second-order valence-corrected chi connectivity index (χ2v) is 26.4. The van der Waals surface area contributed by atoms with Gasteiger partial charge < -0.3 is 13.6 Å². The SMILES string of the molecule is c1cc(-c2ccc(-n3c4ccccc4c4c5sc6ccccc6c5ccc43)cc2)cc(-c2ccc3c(c2)c2ccccc2c2ccc(-c4ccc5c(c4)oc4c5ccc5c6ccccc6n(-c6cccc(-c7ccc8c9ccccc9c9ccccc9c8c7)c6)c54)cc23)c1. The maximum Gasteiger partial charge on any atom is 0.160 e. The minimum atomic E-state index is 0.865. The summed E-state index contributed by atoms with van der Waals surface area (Å²) in [5, 5.41) is 24.9. The smallest absolute Gasteiger partial charge is 0.160 e. The van der Waals surface area contributed by atoms with Gasteiger partial charge in [-0.1, -0.05) is 224 Å². The van der Waals surface area contributed by atoms with E-state index in [0.29, 0.717) is 0 Å². The van der Waals surface area contributed by atoms with Crippen molar-refractivity contribution < 1.29 is 4.42 Å². The summed E-state index contributed by atoms with van der Waals surface area (Å²) >= 11 is 1.90. The van der Waals surface area contributed by atoms with E-state index in [1.807, 2.05) is 11.3 Å². The fourth-order valence-corrected chi connectivity index (χ4v) is 17.4.